The van der Waals surface area contributed by atoms with Crippen molar-refractivity contribution in [3.8, 4) is 0 Å². The van der Waals surface area contributed by atoms with Crippen LogP contribution in [0.25, 0.3) is 0 Å². The monoisotopic (exact) mass is 213 g/mol. The third-order valence-electron chi connectivity index (χ3n) is 2.37. The molecule has 0 unspecified atom stereocenters. The van der Waals surface area contributed by atoms with E-state index in [1.54, 1.807) is 6.20 Å². The van der Waals surface area contributed by atoms with Gasteiger partial charge >= 0.3 is 0 Å². The third-order valence-corrected chi connectivity index (χ3v) is 2.37. The minimum Gasteiger partial charge on any atom is -0.397 e. The number of aryl methyl sites for hydroxylation is 1. The molecule has 82 valence electrons. The van der Waals surface area contributed by atoms with Crippen LogP contribution in [0.1, 0.15) is 11.3 Å². The Bertz CT molecular complexity index is 400. The first-order valence-electron chi connectivity index (χ1n) is 5.25. The summed E-state index contributed by atoms with van der Waals surface area (Å²) >= 11 is 0. The van der Waals surface area contributed by atoms with Crippen molar-refractivity contribution in [1.82, 2.24) is 4.98 Å². The standard InChI is InChI=1S/C13H15N3/c1-10-2-5-12(6-3-10)16-9-13-7-4-11(14)8-15-13/h2-8,16H,9,14H2,1H3. The van der Waals surface area contributed by atoms with E-state index in [2.05, 4.69) is 41.5 Å². The summed E-state index contributed by atoms with van der Waals surface area (Å²) in [7, 11) is 0. The average Bonchev–Trinajstić information content (AvgIpc) is 2.30. The number of rotatable bonds is 3. The van der Waals surface area contributed by atoms with Gasteiger partial charge in [0, 0.05) is 5.69 Å². The van der Waals surface area contributed by atoms with Gasteiger partial charge in [-0.15, -0.1) is 0 Å². The lowest BCUT2D eigenvalue weighted by molar-refractivity contribution is 1.05. The van der Waals surface area contributed by atoms with E-state index in [0.29, 0.717) is 12.2 Å². The molecule has 0 saturated carbocycles. The molecular weight excluding hydrogens is 198 g/mol. The average molecular weight is 213 g/mol. The van der Waals surface area contributed by atoms with Gasteiger partial charge in [-0.3, -0.25) is 4.98 Å². The zero-order chi connectivity index (χ0) is 11.4. The number of anilines is 2. The molecule has 0 aliphatic carbocycles. The van der Waals surface area contributed by atoms with Gasteiger partial charge in [0.1, 0.15) is 0 Å². The number of aromatic nitrogens is 1. The van der Waals surface area contributed by atoms with Crippen molar-refractivity contribution in [3.05, 3.63) is 53.9 Å². The third kappa shape index (κ3) is 2.73. The van der Waals surface area contributed by atoms with Crippen LogP contribution in [0.4, 0.5) is 11.4 Å². The van der Waals surface area contributed by atoms with Gasteiger partial charge in [0.2, 0.25) is 0 Å². The van der Waals surface area contributed by atoms with Gasteiger partial charge < -0.3 is 11.1 Å². The molecule has 3 N–H and O–H groups in total. The highest BCUT2D eigenvalue weighted by atomic mass is 14.9. The van der Waals surface area contributed by atoms with Crippen molar-refractivity contribution in [1.29, 1.82) is 0 Å². The lowest BCUT2D eigenvalue weighted by Crippen LogP contribution is -2.01. The molecule has 1 aromatic heterocycles. The summed E-state index contributed by atoms with van der Waals surface area (Å²) in [5.41, 5.74) is 9.60. The zero-order valence-corrected chi connectivity index (χ0v) is 9.27. The topological polar surface area (TPSA) is 50.9 Å². The van der Waals surface area contributed by atoms with Crippen LogP contribution in [0.3, 0.4) is 0 Å². The second kappa shape index (κ2) is 4.66. The van der Waals surface area contributed by atoms with Crippen LogP contribution in [0, 0.1) is 6.92 Å². The van der Waals surface area contributed by atoms with E-state index in [-0.39, 0.29) is 0 Å². The highest BCUT2D eigenvalue weighted by Crippen LogP contribution is 2.10. The Morgan fingerprint density at radius 3 is 2.50 bits per heavy atom. The van der Waals surface area contributed by atoms with Gasteiger partial charge in [-0.05, 0) is 31.2 Å². The van der Waals surface area contributed by atoms with Crippen molar-refractivity contribution in [2.24, 2.45) is 0 Å². The molecule has 0 bridgehead atoms. The summed E-state index contributed by atoms with van der Waals surface area (Å²) in [5, 5.41) is 3.30. The summed E-state index contributed by atoms with van der Waals surface area (Å²) in [6.07, 6.45) is 1.67. The van der Waals surface area contributed by atoms with Gasteiger partial charge in [0.05, 0.1) is 24.1 Å². The quantitative estimate of drug-likeness (QED) is 0.824. The van der Waals surface area contributed by atoms with Crippen molar-refractivity contribution in [3.63, 3.8) is 0 Å². The van der Waals surface area contributed by atoms with Crippen molar-refractivity contribution in [2.45, 2.75) is 13.5 Å². The Balaban J connectivity index is 1.97. The molecule has 0 spiro atoms. The maximum absolute atomic E-state index is 5.57. The molecule has 3 heteroatoms. The first kappa shape index (κ1) is 10.5. The fraction of sp³-hybridized carbons (Fsp3) is 0.154. The van der Waals surface area contributed by atoms with Gasteiger partial charge in [-0.1, -0.05) is 17.7 Å². The normalized spacial score (nSPS) is 10.1. The minimum atomic E-state index is 0.694. The molecule has 0 saturated heterocycles. The number of hydrogen-bond donors (Lipinski definition) is 2. The lowest BCUT2D eigenvalue weighted by atomic mass is 10.2. The van der Waals surface area contributed by atoms with Crippen molar-refractivity contribution < 1.29 is 0 Å². The molecule has 0 radical (unpaired) electrons. The number of nitrogens with two attached hydrogens (primary N) is 1. The molecule has 1 aromatic carbocycles. The highest BCUT2D eigenvalue weighted by Gasteiger charge is 1.95. The fourth-order valence-electron chi connectivity index (χ4n) is 1.40. The van der Waals surface area contributed by atoms with Gasteiger partial charge in [-0.25, -0.2) is 0 Å². The predicted molar refractivity (Wildman–Crippen MR) is 67.2 cm³/mol. The van der Waals surface area contributed by atoms with Crippen LogP contribution < -0.4 is 11.1 Å². The number of nitrogen functional groups attached to an aromatic ring is 1. The Labute approximate surface area is 95.3 Å². The van der Waals surface area contributed by atoms with E-state index in [1.807, 2.05) is 12.1 Å². The maximum atomic E-state index is 5.57. The van der Waals surface area contributed by atoms with Gasteiger partial charge in [-0.2, -0.15) is 0 Å². The van der Waals surface area contributed by atoms with E-state index in [0.717, 1.165) is 11.4 Å². The molecule has 0 atom stereocenters. The summed E-state index contributed by atoms with van der Waals surface area (Å²) in [6.45, 7) is 2.79. The Kier molecular flexibility index (Phi) is 3.05. The number of nitrogens with one attached hydrogen (secondary N) is 1. The Hall–Kier alpha value is -2.03. The molecule has 0 fully saturated rings. The first-order chi connectivity index (χ1) is 7.74. The minimum absolute atomic E-state index is 0.694. The number of benzene rings is 1. The number of nitrogens with zero attached hydrogens (tertiary/aromatic N) is 1. The van der Waals surface area contributed by atoms with Crippen LogP contribution in [0.15, 0.2) is 42.6 Å². The molecule has 0 amide bonds. The zero-order valence-electron chi connectivity index (χ0n) is 9.27. The molecule has 2 rings (SSSR count). The van der Waals surface area contributed by atoms with Crippen LogP contribution in [0.2, 0.25) is 0 Å². The fourth-order valence-corrected chi connectivity index (χ4v) is 1.40. The molecule has 0 aliphatic heterocycles. The van der Waals surface area contributed by atoms with Gasteiger partial charge in [0.15, 0.2) is 0 Å². The summed E-state index contributed by atoms with van der Waals surface area (Å²) in [4.78, 5) is 4.22. The Morgan fingerprint density at radius 2 is 1.88 bits per heavy atom. The van der Waals surface area contributed by atoms with Crippen LogP contribution in [-0.4, -0.2) is 4.98 Å². The second-order valence-corrected chi connectivity index (χ2v) is 3.80. The summed E-state index contributed by atoms with van der Waals surface area (Å²) < 4.78 is 0. The van der Waals surface area contributed by atoms with E-state index >= 15 is 0 Å². The SMILES string of the molecule is Cc1ccc(NCc2ccc(N)cn2)cc1. The van der Waals surface area contributed by atoms with Crippen molar-refractivity contribution in [2.75, 3.05) is 11.1 Å². The predicted octanol–water partition coefficient (Wildman–Crippen LogP) is 2.58. The van der Waals surface area contributed by atoms with E-state index < -0.39 is 0 Å². The summed E-state index contributed by atoms with van der Waals surface area (Å²) in [6, 6.07) is 12.1. The molecule has 3 nitrogen and oxygen atoms in total. The van der Waals surface area contributed by atoms with E-state index in [1.165, 1.54) is 5.56 Å². The van der Waals surface area contributed by atoms with Gasteiger partial charge in [0.25, 0.3) is 0 Å². The molecule has 16 heavy (non-hydrogen) atoms. The van der Waals surface area contributed by atoms with E-state index in [9.17, 15) is 0 Å². The largest absolute Gasteiger partial charge is 0.397 e. The van der Waals surface area contributed by atoms with Crippen LogP contribution in [-0.2, 0) is 6.54 Å². The summed E-state index contributed by atoms with van der Waals surface area (Å²) in [5.74, 6) is 0. The lowest BCUT2D eigenvalue weighted by Gasteiger charge is -2.06. The molecular formula is C13H15N3. The smallest absolute Gasteiger partial charge is 0.0596 e. The number of hydrogen-bond acceptors (Lipinski definition) is 3. The van der Waals surface area contributed by atoms with Crippen LogP contribution in [0.5, 0.6) is 0 Å². The second-order valence-electron chi connectivity index (χ2n) is 3.80. The van der Waals surface area contributed by atoms with Crippen molar-refractivity contribution >= 4 is 11.4 Å². The highest BCUT2D eigenvalue weighted by molar-refractivity contribution is 5.45. The number of pyridine rings is 1. The van der Waals surface area contributed by atoms with E-state index in [4.69, 9.17) is 5.73 Å². The molecule has 0 aliphatic rings. The Morgan fingerprint density at radius 1 is 1.12 bits per heavy atom. The van der Waals surface area contributed by atoms with Crippen LogP contribution >= 0.6 is 0 Å². The molecule has 1 heterocycles. The molecule has 2 aromatic rings. The first-order valence-corrected chi connectivity index (χ1v) is 5.25. The maximum Gasteiger partial charge on any atom is 0.0596 e.